The molecule has 0 aliphatic rings. The lowest BCUT2D eigenvalue weighted by Gasteiger charge is -2.23. The summed E-state index contributed by atoms with van der Waals surface area (Å²) in [4.78, 5) is 2.02. The summed E-state index contributed by atoms with van der Waals surface area (Å²) in [6.45, 7) is 4.01. The van der Waals surface area contributed by atoms with Gasteiger partial charge in [-0.2, -0.15) is 0 Å². The topological polar surface area (TPSA) is 23.5 Å². The van der Waals surface area contributed by atoms with Crippen LogP contribution in [0.1, 0.15) is 20.3 Å². The molecule has 0 heterocycles. The van der Waals surface area contributed by atoms with E-state index in [0.717, 1.165) is 6.42 Å². The van der Waals surface area contributed by atoms with E-state index in [9.17, 15) is 5.11 Å². The molecule has 1 N–H and O–H groups in total. The van der Waals surface area contributed by atoms with Gasteiger partial charge in [-0.3, -0.25) is 0 Å². The minimum atomic E-state index is -0.181. The Morgan fingerprint density at radius 1 is 1.44 bits per heavy atom. The summed E-state index contributed by atoms with van der Waals surface area (Å²) < 4.78 is 0. The first-order valence-corrected chi connectivity index (χ1v) is 3.44. The van der Waals surface area contributed by atoms with Crippen molar-refractivity contribution in [3.05, 3.63) is 0 Å². The van der Waals surface area contributed by atoms with Gasteiger partial charge in [0.25, 0.3) is 0 Å². The van der Waals surface area contributed by atoms with Crippen LogP contribution in [0.4, 0.5) is 0 Å². The lowest BCUT2D eigenvalue weighted by Crippen LogP contribution is -2.35. The quantitative estimate of drug-likeness (QED) is 0.609. The molecule has 2 nitrogen and oxygen atoms in total. The molecular formula is C7H17NO. The molecule has 2 heteroatoms. The highest BCUT2D eigenvalue weighted by molar-refractivity contribution is 4.67. The zero-order valence-corrected chi connectivity index (χ0v) is 6.76. The monoisotopic (exact) mass is 131 g/mol. The molecule has 0 rings (SSSR count). The zero-order chi connectivity index (χ0) is 7.44. The van der Waals surface area contributed by atoms with Crippen molar-refractivity contribution in [2.45, 2.75) is 32.4 Å². The van der Waals surface area contributed by atoms with E-state index in [1.165, 1.54) is 0 Å². The fourth-order valence-corrected chi connectivity index (χ4v) is 0.685. The van der Waals surface area contributed by atoms with Crippen LogP contribution in [0.2, 0.25) is 0 Å². The molecule has 0 unspecified atom stereocenters. The van der Waals surface area contributed by atoms with Gasteiger partial charge < -0.3 is 10.0 Å². The van der Waals surface area contributed by atoms with Crippen LogP contribution < -0.4 is 0 Å². The third-order valence-electron chi connectivity index (χ3n) is 1.79. The van der Waals surface area contributed by atoms with E-state index in [-0.39, 0.29) is 12.1 Å². The molecule has 56 valence electrons. The molecule has 0 aromatic carbocycles. The molecule has 0 aromatic rings. The Hall–Kier alpha value is -0.0800. The molecule has 0 radical (unpaired) electrons. The molecule has 0 aliphatic heterocycles. The number of nitrogens with zero attached hydrogens (tertiary/aromatic N) is 1. The van der Waals surface area contributed by atoms with E-state index in [2.05, 4.69) is 0 Å². The van der Waals surface area contributed by atoms with Crippen LogP contribution in [0.15, 0.2) is 0 Å². The molecule has 0 amide bonds. The van der Waals surface area contributed by atoms with Gasteiger partial charge >= 0.3 is 0 Å². The first-order chi connectivity index (χ1) is 4.09. The van der Waals surface area contributed by atoms with Gasteiger partial charge in [-0.1, -0.05) is 6.92 Å². The molecular weight excluding hydrogens is 114 g/mol. The van der Waals surface area contributed by atoms with Crippen LogP contribution in [-0.2, 0) is 0 Å². The van der Waals surface area contributed by atoms with Crippen LogP contribution in [0.25, 0.3) is 0 Å². The fraction of sp³-hybridized carbons (Fsp3) is 1.00. The third-order valence-corrected chi connectivity index (χ3v) is 1.79. The average molecular weight is 131 g/mol. The summed E-state index contributed by atoms with van der Waals surface area (Å²) in [5.74, 6) is 0. The maximum absolute atomic E-state index is 9.26. The lowest BCUT2D eigenvalue weighted by atomic mass is 10.1. The molecule has 2 atom stereocenters. The van der Waals surface area contributed by atoms with Crippen LogP contribution in [0.5, 0.6) is 0 Å². The fourth-order valence-electron chi connectivity index (χ4n) is 0.685. The first kappa shape index (κ1) is 8.92. The van der Waals surface area contributed by atoms with Crippen molar-refractivity contribution >= 4 is 0 Å². The average Bonchev–Trinajstić information content (AvgIpc) is 1.84. The van der Waals surface area contributed by atoms with Crippen LogP contribution in [0.3, 0.4) is 0 Å². The zero-order valence-electron chi connectivity index (χ0n) is 6.76. The lowest BCUT2D eigenvalue weighted by molar-refractivity contribution is 0.0828. The van der Waals surface area contributed by atoms with Gasteiger partial charge in [0.15, 0.2) is 0 Å². The van der Waals surface area contributed by atoms with E-state index < -0.39 is 0 Å². The van der Waals surface area contributed by atoms with E-state index in [4.69, 9.17) is 0 Å². The van der Waals surface area contributed by atoms with Gasteiger partial charge in [0.2, 0.25) is 0 Å². The van der Waals surface area contributed by atoms with Crippen molar-refractivity contribution in [2.24, 2.45) is 0 Å². The highest BCUT2D eigenvalue weighted by Crippen LogP contribution is 2.01. The van der Waals surface area contributed by atoms with Crippen molar-refractivity contribution in [1.29, 1.82) is 0 Å². The van der Waals surface area contributed by atoms with Crippen LogP contribution >= 0.6 is 0 Å². The predicted molar refractivity (Wildman–Crippen MR) is 39.4 cm³/mol. The summed E-state index contributed by atoms with van der Waals surface area (Å²) in [6.07, 6.45) is 0.652. The second-order valence-electron chi connectivity index (χ2n) is 2.68. The summed E-state index contributed by atoms with van der Waals surface area (Å²) in [7, 11) is 3.95. The maximum Gasteiger partial charge on any atom is 0.0689 e. The molecule has 0 aromatic heterocycles. The largest absolute Gasteiger partial charge is 0.392 e. The minimum Gasteiger partial charge on any atom is -0.392 e. The SMILES string of the molecule is CC[C@H](O)[C@H](C)N(C)C. The second kappa shape index (κ2) is 3.85. The number of aliphatic hydroxyl groups excluding tert-OH is 1. The highest BCUT2D eigenvalue weighted by Gasteiger charge is 2.12. The van der Waals surface area contributed by atoms with Gasteiger partial charge in [0.05, 0.1) is 6.10 Å². The Labute approximate surface area is 57.5 Å². The van der Waals surface area contributed by atoms with Gasteiger partial charge in [0.1, 0.15) is 0 Å². The molecule has 0 saturated heterocycles. The van der Waals surface area contributed by atoms with E-state index in [1.807, 2.05) is 32.8 Å². The molecule has 0 fully saturated rings. The Bertz CT molecular complexity index is 73.3. The van der Waals surface area contributed by atoms with Crippen molar-refractivity contribution < 1.29 is 5.11 Å². The predicted octanol–water partition coefficient (Wildman–Crippen LogP) is 0.707. The molecule has 0 bridgehead atoms. The second-order valence-corrected chi connectivity index (χ2v) is 2.68. The minimum absolute atomic E-state index is 0.181. The number of rotatable bonds is 3. The first-order valence-electron chi connectivity index (χ1n) is 3.44. The number of hydrogen-bond acceptors (Lipinski definition) is 2. The summed E-state index contributed by atoms with van der Waals surface area (Å²) in [6, 6.07) is 0.273. The standard InChI is InChI=1S/C7H17NO/c1-5-7(9)6(2)8(3)4/h6-7,9H,5H2,1-4H3/t6-,7-/m0/s1. The third kappa shape index (κ3) is 2.82. The van der Waals surface area contributed by atoms with Crippen molar-refractivity contribution in [1.82, 2.24) is 4.90 Å². The van der Waals surface area contributed by atoms with Gasteiger partial charge in [-0.15, -0.1) is 0 Å². The van der Waals surface area contributed by atoms with Crippen molar-refractivity contribution in [2.75, 3.05) is 14.1 Å². The molecule has 0 saturated carbocycles. The number of likely N-dealkylation sites (N-methyl/N-ethyl adjacent to an activating group) is 1. The molecule has 0 spiro atoms. The summed E-state index contributed by atoms with van der Waals surface area (Å²) in [5, 5.41) is 9.26. The van der Waals surface area contributed by atoms with Crippen molar-refractivity contribution in [3.63, 3.8) is 0 Å². The number of aliphatic hydroxyl groups is 1. The Morgan fingerprint density at radius 2 is 1.89 bits per heavy atom. The normalized spacial score (nSPS) is 18.0. The van der Waals surface area contributed by atoms with Crippen LogP contribution in [0, 0.1) is 0 Å². The van der Waals surface area contributed by atoms with Gasteiger partial charge in [-0.25, -0.2) is 0 Å². The van der Waals surface area contributed by atoms with Gasteiger partial charge in [-0.05, 0) is 27.4 Å². The molecule has 0 aliphatic carbocycles. The summed E-state index contributed by atoms with van der Waals surface area (Å²) >= 11 is 0. The van der Waals surface area contributed by atoms with Crippen LogP contribution in [-0.4, -0.2) is 36.2 Å². The Morgan fingerprint density at radius 3 is 2.00 bits per heavy atom. The Kier molecular flexibility index (Phi) is 3.82. The molecule has 9 heavy (non-hydrogen) atoms. The smallest absolute Gasteiger partial charge is 0.0689 e. The van der Waals surface area contributed by atoms with E-state index >= 15 is 0 Å². The number of hydrogen-bond donors (Lipinski definition) is 1. The van der Waals surface area contributed by atoms with Crippen molar-refractivity contribution in [3.8, 4) is 0 Å². The van der Waals surface area contributed by atoms with E-state index in [0.29, 0.717) is 0 Å². The summed E-state index contributed by atoms with van der Waals surface area (Å²) in [5.41, 5.74) is 0. The van der Waals surface area contributed by atoms with Gasteiger partial charge in [0, 0.05) is 6.04 Å². The maximum atomic E-state index is 9.26. The van der Waals surface area contributed by atoms with E-state index in [1.54, 1.807) is 0 Å². The Balaban J connectivity index is 3.58. The highest BCUT2D eigenvalue weighted by atomic mass is 16.3.